The number of hydrogen-bond acceptors (Lipinski definition) is 5. The Labute approximate surface area is 157 Å². The van der Waals surface area contributed by atoms with Gasteiger partial charge in [0.05, 0.1) is 19.8 Å². The molecule has 152 valence electrons. The first-order valence-electron chi connectivity index (χ1n) is 9.62. The highest BCUT2D eigenvalue weighted by Gasteiger charge is 2.33. The van der Waals surface area contributed by atoms with Crippen molar-refractivity contribution in [1.82, 2.24) is 10.6 Å². The molecule has 0 rings (SSSR count). The summed E-state index contributed by atoms with van der Waals surface area (Å²) in [5.41, 5.74) is -1.55. The molecule has 0 heterocycles. The molecule has 2 amide bonds. The zero-order chi connectivity index (χ0) is 19.7. The van der Waals surface area contributed by atoms with E-state index in [2.05, 4.69) is 24.1 Å². The van der Waals surface area contributed by atoms with E-state index in [1.54, 1.807) is 0 Å². The molecule has 0 radical (unpaired) electrons. The summed E-state index contributed by atoms with van der Waals surface area (Å²) in [7, 11) is 0. The lowest BCUT2D eigenvalue weighted by Gasteiger charge is -2.29. The van der Waals surface area contributed by atoms with E-state index < -0.39 is 30.8 Å². The fourth-order valence-electron chi connectivity index (χ4n) is 2.44. The van der Waals surface area contributed by atoms with Crippen LogP contribution in [0, 0.1) is 0 Å². The molecule has 7 nitrogen and oxygen atoms in total. The lowest BCUT2D eigenvalue weighted by atomic mass is 10.1. The van der Waals surface area contributed by atoms with E-state index in [0.717, 1.165) is 25.3 Å². The maximum atomic E-state index is 11.8. The van der Waals surface area contributed by atoms with Crippen molar-refractivity contribution >= 4 is 12.0 Å². The van der Waals surface area contributed by atoms with Crippen molar-refractivity contribution in [2.45, 2.75) is 70.3 Å². The third-order valence-corrected chi connectivity index (χ3v) is 4.21. The topological polar surface area (TPSA) is 108 Å². The minimum absolute atomic E-state index is 0.198. The molecular formula is C19H36N2O5. The van der Waals surface area contributed by atoms with Gasteiger partial charge in [0, 0.05) is 6.54 Å². The summed E-state index contributed by atoms with van der Waals surface area (Å²) in [6.07, 6.45) is 11.0. The summed E-state index contributed by atoms with van der Waals surface area (Å²) in [6.45, 7) is 4.58. The van der Waals surface area contributed by atoms with Gasteiger partial charge in [0.15, 0.2) is 5.60 Å². The molecule has 0 saturated carbocycles. The molecule has 0 aromatic heterocycles. The Balaban J connectivity index is 3.89. The minimum Gasteiger partial charge on any atom is -0.436 e. The van der Waals surface area contributed by atoms with E-state index >= 15 is 0 Å². The number of alkyl carbamates (subject to hydrolysis) is 1. The quantitative estimate of drug-likeness (QED) is 0.246. The monoisotopic (exact) mass is 372 g/mol. The van der Waals surface area contributed by atoms with Crippen molar-refractivity contribution < 1.29 is 24.5 Å². The Morgan fingerprint density at radius 2 is 1.50 bits per heavy atom. The molecule has 0 aliphatic rings. The summed E-state index contributed by atoms with van der Waals surface area (Å²) in [6, 6.07) is 0. The number of carbonyl (C=O) groups excluding carboxylic acids is 2. The Kier molecular flexibility index (Phi) is 14.7. The Morgan fingerprint density at radius 1 is 0.962 bits per heavy atom. The van der Waals surface area contributed by atoms with Gasteiger partial charge in [-0.2, -0.15) is 0 Å². The van der Waals surface area contributed by atoms with Crippen LogP contribution in [0.3, 0.4) is 0 Å². The van der Waals surface area contributed by atoms with Gasteiger partial charge in [0.1, 0.15) is 0 Å². The van der Waals surface area contributed by atoms with Crippen molar-refractivity contribution in [3.63, 3.8) is 0 Å². The molecular weight excluding hydrogens is 336 g/mol. The van der Waals surface area contributed by atoms with Crippen molar-refractivity contribution in [3.05, 3.63) is 12.7 Å². The lowest BCUT2D eigenvalue weighted by Crippen LogP contribution is -2.53. The largest absolute Gasteiger partial charge is 0.436 e. The van der Waals surface area contributed by atoms with Gasteiger partial charge in [0.2, 0.25) is 5.91 Å². The SMILES string of the molecule is C=CC(=O)NCC(CO)(CO)OC(=O)NCCCCCCCCCCC. The van der Waals surface area contributed by atoms with Crippen molar-refractivity contribution in [2.75, 3.05) is 26.3 Å². The number of nitrogens with one attached hydrogen (secondary N) is 2. The zero-order valence-electron chi connectivity index (χ0n) is 16.1. The Bertz CT molecular complexity index is 397. The third-order valence-electron chi connectivity index (χ3n) is 4.21. The summed E-state index contributed by atoms with van der Waals surface area (Å²) >= 11 is 0. The van der Waals surface area contributed by atoms with Crippen LogP contribution in [-0.4, -0.2) is 54.1 Å². The van der Waals surface area contributed by atoms with Crippen LogP contribution in [-0.2, 0) is 9.53 Å². The molecule has 0 unspecified atom stereocenters. The molecule has 4 N–H and O–H groups in total. The van der Waals surface area contributed by atoms with Gasteiger partial charge >= 0.3 is 6.09 Å². The number of aliphatic hydroxyl groups excluding tert-OH is 2. The van der Waals surface area contributed by atoms with Crippen molar-refractivity contribution in [3.8, 4) is 0 Å². The molecule has 0 aromatic rings. The standard InChI is InChI=1S/C19H36N2O5/c1-3-5-6-7-8-9-10-11-12-13-20-18(25)26-19(15-22,16-23)14-21-17(24)4-2/h4,22-23H,2-3,5-16H2,1H3,(H,20,25)(H,21,24). The second kappa shape index (κ2) is 15.6. The number of rotatable bonds is 16. The van der Waals surface area contributed by atoms with E-state index in [4.69, 9.17) is 4.74 Å². The van der Waals surface area contributed by atoms with Crippen LogP contribution < -0.4 is 10.6 Å². The van der Waals surface area contributed by atoms with E-state index in [9.17, 15) is 19.8 Å². The number of amides is 2. The van der Waals surface area contributed by atoms with Gasteiger partial charge in [-0.1, -0.05) is 64.9 Å². The van der Waals surface area contributed by atoms with Gasteiger partial charge in [-0.3, -0.25) is 4.79 Å². The van der Waals surface area contributed by atoms with E-state index in [-0.39, 0.29) is 6.54 Å². The maximum absolute atomic E-state index is 11.8. The van der Waals surface area contributed by atoms with Crippen LogP contribution in [0.4, 0.5) is 4.79 Å². The Morgan fingerprint density at radius 3 is 2.00 bits per heavy atom. The van der Waals surface area contributed by atoms with Crippen LogP contribution in [0.2, 0.25) is 0 Å². The van der Waals surface area contributed by atoms with Gasteiger partial charge in [0.25, 0.3) is 0 Å². The fraction of sp³-hybridized carbons (Fsp3) is 0.789. The van der Waals surface area contributed by atoms with Crippen LogP contribution in [0.15, 0.2) is 12.7 Å². The average Bonchev–Trinajstić information content (AvgIpc) is 2.66. The van der Waals surface area contributed by atoms with E-state index in [0.29, 0.717) is 6.54 Å². The van der Waals surface area contributed by atoms with Gasteiger partial charge < -0.3 is 25.6 Å². The summed E-state index contributed by atoms with van der Waals surface area (Å²) < 4.78 is 5.11. The van der Waals surface area contributed by atoms with Gasteiger partial charge in [-0.15, -0.1) is 0 Å². The van der Waals surface area contributed by atoms with Gasteiger partial charge in [-0.05, 0) is 12.5 Å². The second-order valence-electron chi connectivity index (χ2n) is 6.57. The predicted molar refractivity (Wildman–Crippen MR) is 102 cm³/mol. The molecule has 26 heavy (non-hydrogen) atoms. The highest BCUT2D eigenvalue weighted by atomic mass is 16.6. The second-order valence-corrected chi connectivity index (χ2v) is 6.57. The highest BCUT2D eigenvalue weighted by Crippen LogP contribution is 2.10. The maximum Gasteiger partial charge on any atom is 0.407 e. The van der Waals surface area contributed by atoms with Crippen LogP contribution in [0.5, 0.6) is 0 Å². The zero-order valence-corrected chi connectivity index (χ0v) is 16.1. The number of ether oxygens (including phenoxy) is 1. The molecule has 7 heteroatoms. The molecule has 0 aliphatic heterocycles. The summed E-state index contributed by atoms with van der Waals surface area (Å²) in [5.74, 6) is -0.477. The van der Waals surface area contributed by atoms with Crippen molar-refractivity contribution in [2.24, 2.45) is 0 Å². The van der Waals surface area contributed by atoms with Crippen LogP contribution in [0.25, 0.3) is 0 Å². The molecule has 0 saturated heterocycles. The third kappa shape index (κ3) is 11.9. The molecule has 0 fully saturated rings. The summed E-state index contributed by atoms with van der Waals surface area (Å²) in [5, 5.41) is 23.8. The number of unbranched alkanes of at least 4 members (excludes halogenated alkanes) is 8. The van der Waals surface area contributed by atoms with Crippen molar-refractivity contribution in [1.29, 1.82) is 0 Å². The number of hydrogen-bond donors (Lipinski definition) is 4. The molecule has 0 bridgehead atoms. The first-order valence-corrected chi connectivity index (χ1v) is 9.62. The highest BCUT2D eigenvalue weighted by molar-refractivity contribution is 5.86. The minimum atomic E-state index is -1.55. The fourth-order valence-corrected chi connectivity index (χ4v) is 2.44. The normalized spacial score (nSPS) is 11.0. The van der Waals surface area contributed by atoms with Crippen LogP contribution in [0.1, 0.15) is 64.7 Å². The first kappa shape index (κ1) is 24.4. The number of carbonyl (C=O) groups is 2. The van der Waals surface area contributed by atoms with E-state index in [1.165, 1.54) is 38.5 Å². The smallest absolute Gasteiger partial charge is 0.407 e. The predicted octanol–water partition coefficient (Wildman–Crippen LogP) is 2.27. The van der Waals surface area contributed by atoms with E-state index in [1.807, 2.05) is 0 Å². The lowest BCUT2D eigenvalue weighted by molar-refractivity contribution is -0.119. The number of aliphatic hydroxyl groups is 2. The van der Waals surface area contributed by atoms with Crippen LogP contribution >= 0.6 is 0 Å². The molecule has 0 spiro atoms. The van der Waals surface area contributed by atoms with Gasteiger partial charge in [-0.25, -0.2) is 4.79 Å². The Hall–Kier alpha value is -1.60. The summed E-state index contributed by atoms with van der Waals surface area (Å²) in [4.78, 5) is 23.0. The molecule has 0 aromatic carbocycles. The first-order chi connectivity index (χ1) is 12.5. The molecule has 0 aliphatic carbocycles. The molecule has 0 atom stereocenters. The average molecular weight is 373 g/mol.